The molecule has 5 heteroatoms. The average molecular weight is 199 g/mol. The largest absolute Gasteiger partial charge is 0.368 e. The molecule has 0 radical (unpaired) electrons. The Kier molecular flexibility index (Phi) is 3.46. The Morgan fingerprint density at radius 1 is 1.57 bits per heavy atom. The molecule has 2 amide bonds. The van der Waals surface area contributed by atoms with E-state index in [0.717, 1.165) is 6.42 Å². The number of hydrogen-bond donors (Lipinski definition) is 2. The summed E-state index contributed by atoms with van der Waals surface area (Å²) in [6.07, 6.45) is 2.08. The monoisotopic (exact) mass is 199 g/mol. The minimum Gasteiger partial charge on any atom is -0.368 e. The lowest BCUT2D eigenvalue weighted by atomic mass is 10.1. The highest BCUT2D eigenvalue weighted by molar-refractivity contribution is 5.89. The fraction of sp³-hybridized carbons (Fsp3) is 0.778. The summed E-state index contributed by atoms with van der Waals surface area (Å²) in [5.74, 6) is -0.590. The fourth-order valence-corrected chi connectivity index (χ4v) is 1.71. The molecule has 0 aromatic heterocycles. The number of hydrogen-bond acceptors (Lipinski definition) is 3. The van der Waals surface area contributed by atoms with Crippen LogP contribution in [0.25, 0.3) is 0 Å². The summed E-state index contributed by atoms with van der Waals surface area (Å²) < 4.78 is 0. The van der Waals surface area contributed by atoms with E-state index in [1.165, 1.54) is 4.90 Å². The van der Waals surface area contributed by atoms with Crippen molar-refractivity contribution in [1.82, 2.24) is 4.90 Å². The molecule has 1 rings (SSSR count). The van der Waals surface area contributed by atoms with E-state index >= 15 is 0 Å². The van der Waals surface area contributed by atoms with Crippen molar-refractivity contribution >= 4 is 11.8 Å². The number of nitrogens with zero attached hydrogens (tertiary/aromatic N) is 1. The molecule has 4 N–H and O–H groups in total. The number of rotatable bonds is 3. The zero-order chi connectivity index (χ0) is 10.7. The molecule has 2 atom stereocenters. The van der Waals surface area contributed by atoms with Crippen molar-refractivity contribution in [1.29, 1.82) is 0 Å². The van der Waals surface area contributed by atoms with Crippen LogP contribution in [0, 0.1) is 0 Å². The zero-order valence-electron chi connectivity index (χ0n) is 8.40. The number of likely N-dealkylation sites (tertiary alicyclic amines) is 1. The normalized spacial score (nSPS) is 23.6. The number of nitrogens with two attached hydrogens (primary N) is 2. The van der Waals surface area contributed by atoms with Gasteiger partial charge in [0.15, 0.2) is 0 Å². The molecule has 1 unspecified atom stereocenters. The molecule has 1 saturated heterocycles. The van der Waals surface area contributed by atoms with Crippen LogP contribution in [0.4, 0.5) is 0 Å². The molecule has 1 aliphatic heterocycles. The third-order valence-electron chi connectivity index (χ3n) is 2.62. The van der Waals surface area contributed by atoms with Gasteiger partial charge in [-0.1, -0.05) is 6.92 Å². The van der Waals surface area contributed by atoms with Crippen LogP contribution in [-0.4, -0.2) is 35.3 Å². The number of carbonyl (C=O) groups is 2. The van der Waals surface area contributed by atoms with Crippen LogP contribution in [0.2, 0.25) is 0 Å². The number of carbonyl (C=O) groups excluding carboxylic acids is 2. The predicted molar refractivity (Wildman–Crippen MR) is 52.2 cm³/mol. The van der Waals surface area contributed by atoms with Gasteiger partial charge in [-0.25, -0.2) is 0 Å². The van der Waals surface area contributed by atoms with E-state index in [4.69, 9.17) is 11.5 Å². The lowest BCUT2D eigenvalue weighted by Crippen LogP contribution is -2.49. The van der Waals surface area contributed by atoms with Gasteiger partial charge in [-0.2, -0.15) is 0 Å². The second-order valence-electron chi connectivity index (χ2n) is 3.61. The van der Waals surface area contributed by atoms with Crippen molar-refractivity contribution in [3.05, 3.63) is 0 Å². The van der Waals surface area contributed by atoms with Crippen LogP contribution in [-0.2, 0) is 9.59 Å². The van der Waals surface area contributed by atoms with Gasteiger partial charge in [-0.15, -0.1) is 0 Å². The Labute approximate surface area is 83.4 Å². The van der Waals surface area contributed by atoms with Crippen molar-refractivity contribution in [3.8, 4) is 0 Å². The number of amides is 2. The average Bonchev–Trinajstić information content (AvgIpc) is 2.63. The molecule has 14 heavy (non-hydrogen) atoms. The standard InChI is InChI=1S/C9H17N3O2/c1-2-6(10)9(14)12-5-3-4-7(12)8(11)13/h6-7H,2-5,10H2,1H3,(H2,11,13)/t6-,7?/m0/s1. The van der Waals surface area contributed by atoms with E-state index in [-0.39, 0.29) is 5.91 Å². The summed E-state index contributed by atoms with van der Waals surface area (Å²) >= 11 is 0. The van der Waals surface area contributed by atoms with Gasteiger partial charge in [0.2, 0.25) is 11.8 Å². The summed E-state index contributed by atoms with van der Waals surface area (Å²) in [6.45, 7) is 2.44. The summed E-state index contributed by atoms with van der Waals surface area (Å²) in [7, 11) is 0. The first-order chi connectivity index (χ1) is 6.57. The Balaban J connectivity index is 2.67. The van der Waals surface area contributed by atoms with E-state index < -0.39 is 18.0 Å². The van der Waals surface area contributed by atoms with Crippen molar-refractivity contribution < 1.29 is 9.59 Å². The van der Waals surface area contributed by atoms with Crippen LogP contribution >= 0.6 is 0 Å². The molecule has 0 aliphatic carbocycles. The van der Waals surface area contributed by atoms with Crippen molar-refractivity contribution in [2.45, 2.75) is 38.3 Å². The summed E-state index contributed by atoms with van der Waals surface area (Å²) in [5, 5.41) is 0. The van der Waals surface area contributed by atoms with Crippen LogP contribution in [0.1, 0.15) is 26.2 Å². The fourth-order valence-electron chi connectivity index (χ4n) is 1.71. The molecule has 1 fully saturated rings. The summed E-state index contributed by atoms with van der Waals surface area (Å²) in [6, 6.07) is -0.949. The van der Waals surface area contributed by atoms with Gasteiger partial charge in [-0.3, -0.25) is 9.59 Å². The Hall–Kier alpha value is -1.10. The second-order valence-corrected chi connectivity index (χ2v) is 3.61. The van der Waals surface area contributed by atoms with E-state index in [1.807, 2.05) is 6.92 Å². The molecular formula is C9H17N3O2. The highest BCUT2D eigenvalue weighted by atomic mass is 16.2. The number of primary amides is 1. The van der Waals surface area contributed by atoms with Crippen LogP contribution in [0.5, 0.6) is 0 Å². The Morgan fingerprint density at radius 2 is 2.21 bits per heavy atom. The molecule has 1 aliphatic rings. The smallest absolute Gasteiger partial charge is 0.240 e. The van der Waals surface area contributed by atoms with Crippen molar-refractivity contribution in [2.75, 3.05) is 6.54 Å². The van der Waals surface area contributed by atoms with Crippen LogP contribution in [0.3, 0.4) is 0 Å². The molecule has 0 aromatic carbocycles. The minimum absolute atomic E-state index is 0.159. The second kappa shape index (κ2) is 4.41. The maximum atomic E-state index is 11.7. The van der Waals surface area contributed by atoms with Gasteiger partial charge in [-0.05, 0) is 19.3 Å². The summed E-state index contributed by atoms with van der Waals surface area (Å²) in [5.41, 5.74) is 10.8. The van der Waals surface area contributed by atoms with Gasteiger partial charge in [0.05, 0.1) is 6.04 Å². The topological polar surface area (TPSA) is 89.4 Å². The molecule has 0 spiro atoms. The highest BCUT2D eigenvalue weighted by Gasteiger charge is 2.34. The molecular weight excluding hydrogens is 182 g/mol. The first kappa shape index (κ1) is 11.0. The predicted octanol–water partition coefficient (Wildman–Crippen LogP) is -0.800. The lowest BCUT2D eigenvalue weighted by molar-refractivity contribution is -0.138. The molecule has 5 nitrogen and oxygen atoms in total. The van der Waals surface area contributed by atoms with E-state index in [1.54, 1.807) is 0 Å². The van der Waals surface area contributed by atoms with Gasteiger partial charge in [0.1, 0.15) is 6.04 Å². The van der Waals surface area contributed by atoms with Gasteiger partial charge in [0, 0.05) is 6.54 Å². The maximum Gasteiger partial charge on any atom is 0.240 e. The van der Waals surface area contributed by atoms with Crippen LogP contribution < -0.4 is 11.5 Å². The van der Waals surface area contributed by atoms with Gasteiger partial charge < -0.3 is 16.4 Å². The summed E-state index contributed by atoms with van der Waals surface area (Å²) in [4.78, 5) is 24.2. The molecule has 0 aromatic rings. The molecule has 0 saturated carbocycles. The highest BCUT2D eigenvalue weighted by Crippen LogP contribution is 2.17. The van der Waals surface area contributed by atoms with Gasteiger partial charge >= 0.3 is 0 Å². The van der Waals surface area contributed by atoms with E-state index in [9.17, 15) is 9.59 Å². The third kappa shape index (κ3) is 2.04. The quantitative estimate of drug-likeness (QED) is 0.623. The molecule has 80 valence electrons. The lowest BCUT2D eigenvalue weighted by Gasteiger charge is -2.24. The minimum atomic E-state index is -0.505. The van der Waals surface area contributed by atoms with Crippen molar-refractivity contribution in [3.63, 3.8) is 0 Å². The van der Waals surface area contributed by atoms with Gasteiger partial charge in [0.25, 0.3) is 0 Å². The van der Waals surface area contributed by atoms with Crippen molar-refractivity contribution in [2.24, 2.45) is 11.5 Å². The Bertz CT molecular complexity index is 242. The SMILES string of the molecule is CC[C@H](N)C(=O)N1CCCC1C(N)=O. The zero-order valence-corrected chi connectivity index (χ0v) is 8.40. The first-order valence-electron chi connectivity index (χ1n) is 4.93. The maximum absolute atomic E-state index is 11.7. The molecule has 1 heterocycles. The first-order valence-corrected chi connectivity index (χ1v) is 4.93. The molecule has 0 bridgehead atoms. The van der Waals surface area contributed by atoms with E-state index in [0.29, 0.717) is 19.4 Å². The van der Waals surface area contributed by atoms with E-state index in [2.05, 4.69) is 0 Å². The Morgan fingerprint density at radius 3 is 2.71 bits per heavy atom. The third-order valence-corrected chi connectivity index (χ3v) is 2.62. The van der Waals surface area contributed by atoms with Crippen LogP contribution in [0.15, 0.2) is 0 Å².